The van der Waals surface area contributed by atoms with Gasteiger partial charge in [0.2, 0.25) is 5.91 Å². The quantitative estimate of drug-likeness (QED) is 0.652. The minimum Gasteiger partial charge on any atom is -0.348 e. The van der Waals surface area contributed by atoms with Gasteiger partial charge in [0.25, 0.3) is 10.0 Å². The van der Waals surface area contributed by atoms with Crippen molar-refractivity contribution in [3.63, 3.8) is 0 Å². The molecule has 1 amide bonds. The molecule has 1 atom stereocenters. The molecule has 0 aromatic heterocycles. The van der Waals surface area contributed by atoms with Gasteiger partial charge in [0.1, 0.15) is 12.4 Å². The minimum absolute atomic E-state index is 0.0588. The number of halogens is 1. The number of nitrogens with one attached hydrogen (secondary N) is 1. The molecule has 1 aliphatic rings. The second kappa shape index (κ2) is 7.81. The predicted octanol–water partition coefficient (Wildman–Crippen LogP) is 4.50. The van der Waals surface area contributed by atoms with Crippen molar-refractivity contribution < 1.29 is 17.6 Å². The monoisotopic (exact) mass is 438 g/mol. The maximum atomic E-state index is 14.0. The minimum atomic E-state index is -3.97. The second-order valence-corrected chi connectivity index (χ2v) is 9.65. The van der Waals surface area contributed by atoms with Crippen molar-refractivity contribution in [3.05, 3.63) is 83.2 Å². The van der Waals surface area contributed by atoms with E-state index in [1.165, 1.54) is 24.3 Å². The number of hydrogen-bond donors (Lipinski definition) is 1. The van der Waals surface area contributed by atoms with Crippen LogP contribution in [0.4, 0.5) is 10.1 Å². The van der Waals surface area contributed by atoms with Gasteiger partial charge < -0.3 is 5.32 Å². The van der Waals surface area contributed by atoms with Gasteiger partial charge in [-0.3, -0.25) is 9.10 Å². The Morgan fingerprint density at radius 3 is 2.55 bits per heavy atom. The first kappa shape index (κ1) is 21.1. The average Bonchev–Trinajstić information content (AvgIpc) is 2.73. The lowest BCUT2D eigenvalue weighted by Crippen LogP contribution is -2.43. The Bertz CT molecular complexity index is 1290. The number of nitrogens with zero attached hydrogens (tertiary/aromatic N) is 1. The zero-order valence-corrected chi connectivity index (χ0v) is 18.3. The summed E-state index contributed by atoms with van der Waals surface area (Å²) >= 11 is 0. The lowest BCUT2D eigenvalue weighted by molar-refractivity contribution is -0.120. The smallest absolute Gasteiger partial charge is 0.265 e. The fourth-order valence-corrected chi connectivity index (χ4v) is 5.64. The standard InChI is InChI=1S/C24H23FN2O3S/c1-15-8-9-16(2)20(12-15)17(3)26-24(28)14-27-22-11-10-18(25)13-21(22)19-6-4-5-7-23(19)31(27,29)30/h4-13,17H,14H2,1-3H3,(H,26,28)/t17-/m1/s1. The van der Waals surface area contributed by atoms with Crippen molar-refractivity contribution >= 4 is 21.6 Å². The highest BCUT2D eigenvalue weighted by molar-refractivity contribution is 7.93. The third-order valence-electron chi connectivity index (χ3n) is 5.54. The van der Waals surface area contributed by atoms with Crippen LogP contribution in [0.25, 0.3) is 11.1 Å². The van der Waals surface area contributed by atoms with Crippen LogP contribution < -0.4 is 9.62 Å². The van der Waals surface area contributed by atoms with Crippen LogP contribution in [0.15, 0.2) is 65.6 Å². The molecule has 1 aliphatic heterocycles. The van der Waals surface area contributed by atoms with E-state index in [1.54, 1.807) is 18.2 Å². The van der Waals surface area contributed by atoms with Crippen LogP contribution in [0.5, 0.6) is 0 Å². The molecule has 31 heavy (non-hydrogen) atoms. The molecule has 3 aromatic carbocycles. The molecule has 0 aliphatic carbocycles. The van der Waals surface area contributed by atoms with E-state index in [2.05, 4.69) is 5.32 Å². The van der Waals surface area contributed by atoms with E-state index < -0.39 is 28.3 Å². The largest absolute Gasteiger partial charge is 0.348 e. The SMILES string of the molecule is Cc1ccc(C)c([C@@H](C)NC(=O)CN2c3ccc(F)cc3-c3ccccc3S2(=O)=O)c1. The highest BCUT2D eigenvalue weighted by atomic mass is 32.2. The van der Waals surface area contributed by atoms with Crippen LogP contribution in [-0.2, 0) is 14.8 Å². The van der Waals surface area contributed by atoms with Crippen LogP contribution in [0.2, 0.25) is 0 Å². The van der Waals surface area contributed by atoms with Crippen molar-refractivity contribution in [3.8, 4) is 11.1 Å². The molecule has 5 nitrogen and oxygen atoms in total. The molecule has 0 radical (unpaired) electrons. The summed E-state index contributed by atoms with van der Waals surface area (Å²) in [6.45, 7) is 5.41. The van der Waals surface area contributed by atoms with Crippen molar-refractivity contribution in [1.82, 2.24) is 5.32 Å². The second-order valence-electron chi connectivity index (χ2n) is 7.82. The number of sulfonamides is 1. The van der Waals surface area contributed by atoms with Gasteiger partial charge in [0.05, 0.1) is 16.6 Å². The van der Waals surface area contributed by atoms with Crippen molar-refractivity contribution in [2.45, 2.75) is 31.7 Å². The predicted molar refractivity (Wildman–Crippen MR) is 119 cm³/mol. The summed E-state index contributed by atoms with van der Waals surface area (Å²) in [6.07, 6.45) is 0. The van der Waals surface area contributed by atoms with Crippen LogP contribution in [0, 0.1) is 19.7 Å². The van der Waals surface area contributed by atoms with Crippen molar-refractivity contribution in [2.75, 3.05) is 10.8 Å². The van der Waals surface area contributed by atoms with Crippen LogP contribution in [0.3, 0.4) is 0 Å². The number of fused-ring (bicyclic) bond motifs is 3. The van der Waals surface area contributed by atoms with Gasteiger partial charge in [-0.05, 0) is 56.2 Å². The molecule has 0 saturated carbocycles. The van der Waals surface area contributed by atoms with Gasteiger partial charge in [-0.2, -0.15) is 0 Å². The van der Waals surface area contributed by atoms with Gasteiger partial charge >= 0.3 is 0 Å². The fraction of sp³-hybridized carbons (Fsp3) is 0.208. The molecule has 1 N–H and O–H groups in total. The first-order chi connectivity index (χ1) is 14.7. The summed E-state index contributed by atoms with van der Waals surface area (Å²) < 4.78 is 41.6. The van der Waals surface area contributed by atoms with Crippen molar-refractivity contribution in [1.29, 1.82) is 0 Å². The molecule has 0 saturated heterocycles. The van der Waals surface area contributed by atoms with E-state index in [0.29, 0.717) is 11.1 Å². The molecule has 0 fully saturated rings. The lowest BCUT2D eigenvalue weighted by atomic mass is 10.00. The third kappa shape index (κ3) is 3.81. The highest BCUT2D eigenvalue weighted by Gasteiger charge is 2.36. The normalized spacial score (nSPS) is 15.0. The average molecular weight is 439 g/mol. The molecule has 7 heteroatoms. The Hall–Kier alpha value is -3.19. The van der Waals surface area contributed by atoms with Gasteiger partial charge in [0, 0.05) is 11.1 Å². The zero-order chi connectivity index (χ0) is 22.3. The fourth-order valence-electron chi connectivity index (χ4n) is 4.00. The molecule has 4 rings (SSSR count). The molecule has 160 valence electrons. The number of benzene rings is 3. The molecule has 0 spiro atoms. The number of aryl methyl sites for hydroxylation is 2. The molecular weight excluding hydrogens is 415 g/mol. The maximum absolute atomic E-state index is 14.0. The first-order valence-corrected chi connectivity index (χ1v) is 11.4. The number of carbonyl (C=O) groups excluding carboxylic acids is 1. The third-order valence-corrected chi connectivity index (χ3v) is 7.36. The highest BCUT2D eigenvalue weighted by Crippen LogP contribution is 2.43. The first-order valence-electron chi connectivity index (χ1n) is 9.96. The Morgan fingerprint density at radius 2 is 1.77 bits per heavy atom. The number of hydrogen-bond acceptors (Lipinski definition) is 3. The number of anilines is 1. The van der Waals surface area contributed by atoms with Crippen molar-refractivity contribution in [2.24, 2.45) is 0 Å². The Labute approximate surface area is 181 Å². The van der Waals surface area contributed by atoms with Gasteiger partial charge in [-0.1, -0.05) is 42.0 Å². The zero-order valence-electron chi connectivity index (χ0n) is 17.5. The molecule has 0 unspecified atom stereocenters. The summed E-state index contributed by atoms with van der Waals surface area (Å²) in [7, 11) is -3.97. The van der Waals surface area contributed by atoms with E-state index in [9.17, 15) is 17.6 Å². The number of carbonyl (C=O) groups is 1. The lowest BCUT2D eigenvalue weighted by Gasteiger charge is -2.32. The number of rotatable bonds is 4. The van der Waals surface area contributed by atoms with Crippen LogP contribution in [0.1, 0.15) is 29.7 Å². The van der Waals surface area contributed by atoms with Gasteiger partial charge in [-0.25, -0.2) is 12.8 Å². The Balaban J connectivity index is 1.67. The van der Waals surface area contributed by atoms with E-state index in [0.717, 1.165) is 21.0 Å². The molecular formula is C24H23FN2O3S. The summed E-state index contributed by atoms with van der Waals surface area (Å²) in [4.78, 5) is 12.9. The summed E-state index contributed by atoms with van der Waals surface area (Å²) in [5, 5.41) is 2.90. The molecule has 3 aromatic rings. The maximum Gasteiger partial charge on any atom is 0.265 e. The Kier molecular flexibility index (Phi) is 5.31. The van der Waals surface area contributed by atoms with Crippen LogP contribution in [-0.4, -0.2) is 20.9 Å². The van der Waals surface area contributed by atoms with E-state index in [1.807, 2.05) is 39.0 Å². The van der Waals surface area contributed by atoms with Crippen LogP contribution >= 0.6 is 0 Å². The molecule has 0 bridgehead atoms. The van der Waals surface area contributed by atoms with E-state index in [-0.39, 0.29) is 16.6 Å². The number of amides is 1. The van der Waals surface area contributed by atoms with E-state index in [4.69, 9.17) is 0 Å². The van der Waals surface area contributed by atoms with Gasteiger partial charge in [0.15, 0.2) is 0 Å². The summed E-state index contributed by atoms with van der Waals surface area (Å²) in [5.41, 5.74) is 4.25. The topological polar surface area (TPSA) is 66.5 Å². The van der Waals surface area contributed by atoms with E-state index >= 15 is 0 Å². The summed E-state index contributed by atoms with van der Waals surface area (Å²) in [6, 6.07) is 16.0. The molecule has 1 heterocycles. The summed E-state index contributed by atoms with van der Waals surface area (Å²) in [5.74, 6) is -0.910. The Morgan fingerprint density at radius 1 is 1.03 bits per heavy atom. The van der Waals surface area contributed by atoms with Gasteiger partial charge in [-0.15, -0.1) is 0 Å².